The lowest BCUT2D eigenvalue weighted by molar-refractivity contribution is -0.285. The topological polar surface area (TPSA) is 203 Å². The lowest BCUT2D eigenvalue weighted by atomic mass is 9.99. The van der Waals surface area contributed by atoms with Crippen LogP contribution >= 0.6 is 0 Å². The van der Waals surface area contributed by atoms with Crippen molar-refractivity contribution in [2.24, 2.45) is 0 Å². The Morgan fingerprint density at radius 3 is 1.81 bits per heavy atom. The molecule has 7 N–H and O–H groups in total. The molecule has 12 nitrogen and oxygen atoms in total. The molecule has 0 aromatic heterocycles. The van der Waals surface area contributed by atoms with Crippen LogP contribution in [0.2, 0.25) is 0 Å². The molecule has 0 unspecified atom stereocenters. The Morgan fingerprint density at radius 2 is 1.28 bits per heavy atom. The minimum Gasteiger partial charge on any atom is -0.504 e. The van der Waals surface area contributed by atoms with Crippen LogP contribution in [-0.2, 0) is 14.2 Å². The summed E-state index contributed by atoms with van der Waals surface area (Å²) in [5.41, 5.74) is -0.326. The molecule has 2 aromatic carbocycles. The standard InChI is InChI=1S/C20H20O12/c21-10-3-1-8(5-12(10)23)18(28)30-7-14-15(25)16(26)17(27)20(31-14)32-19(29)9-2-4-11(22)13(24)6-9/h1-6,14-17,20-27H,7H2/t14-,15-,16+,17-,20+/m0/s1. The molecule has 5 atom stereocenters. The number of aliphatic hydroxyl groups is 3. The SMILES string of the molecule is O=C(OC[C@@H]1O[C@H](OC(=O)c2ccc(O)c(O)c2)[C@@H](O)[C@H](O)[C@H]1O)c1ccc(O)c(O)c1. The first-order chi connectivity index (χ1) is 15.1. The third-order valence-corrected chi connectivity index (χ3v) is 4.69. The van der Waals surface area contributed by atoms with Gasteiger partial charge in [0.1, 0.15) is 31.0 Å². The number of benzene rings is 2. The third kappa shape index (κ3) is 4.84. The third-order valence-electron chi connectivity index (χ3n) is 4.69. The normalized spacial score (nSPS) is 25.2. The Hall–Kier alpha value is -3.58. The van der Waals surface area contributed by atoms with E-state index in [2.05, 4.69) is 0 Å². The molecule has 0 radical (unpaired) electrons. The van der Waals surface area contributed by atoms with E-state index < -0.39 is 72.2 Å². The van der Waals surface area contributed by atoms with E-state index in [4.69, 9.17) is 14.2 Å². The molecule has 12 heteroatoms. The molecule has 3 rings (SSSR count). The molecule has 1 fully saturated rings. The summed E-state index contributed by atoms with van der Waals surface area (Å²) >= 11 is 0. The van der Waals surface area contributed by atoms with Crippen molar-refractivity contribution in [2.75, 3.05) is 6.61 Å². The van der Waals surface area contributed by atoms with Gasteiger partial charge in [-0.3, -0.25) is 0 Å². The van der Waals surface area contributed by atoms with Gasteiger partial charge in [-0.25, -0.2) is 9.59 Å². The number of hydrogen-bond acceptors (Lipinski definition) is 12. The van der Waals surface area contributed by atoms with Crippen LogP contribution in [0.15, 0.2) is 36.4 Å². The van der Waals surface area contributed by atoms with Crippen molar-refractivity contribution >= 4 is 11.9 Å². The lowest BCUT2D eigenvalue weighted by Gasteiger charge is -2.39. The molecule has 1 saturated heterocycles. The molecule has 1 aliphatic rings. The number of hydrogen-bond donors (Lipinski definition) is 7. The van der Waals surface area contributed by atoms with Gasteiger partial charge in [-0.05, 0) is 36.4 Å². The predicted molar refractivity (Wildman–Crippen MR) is 102 cm³/mol. The average Bonchev–Trinajstić information content (AvgIpc) is 2.76. The Morgan fingerprint density at radius 1 is 0.750 bits per heavy atom. The summed E-state index contributed by atoms with van der Waals surface area (Å²) in [5, 5.41) is 67.8. The fourth-order valence-corrected chi connectivity index (χ4v) is 2.87. The Balaban J connectivity index is 1.66. The van der Waals surface area contributed by atoms with Gasteiger partial charge >= 0.3 is 11.9 Å². The lowest BCUT2D eigenvalue weighted by Crippen LogP contribution is -2.59. The van der Waals surface area contributed by atoms with Gasteiger partial charge < -0.3 is 50.0 Å². The fourth-order valence-electron chi connectivity index (χ4n) is 2.87. The zero-order chi connectivity index (χ0) is 23.6. The molecule has 172 valence electrons. The predicted octanol–water partition coefficient (Wildman–Crippen LogP) is -0.670. The van der Waals surface area contributed by atoms with Crippen molar-refractivity contribution in [1.82, 2.24) is 0 Å². The van der Waals surface area contributed by atoms with Gasteiger partial charge in [0.25, 0.3) is 0 Å². The molecule has 0 amide bonds. The van der Waals surface area contributed by atoms with Crippen molar-refractivity contribution < 1.29 is 59.5 Å². The summed E-state index contributed by atoms with van der Waals surface area (Å²) in [6.07, 6.45) is -8.55. The summed E-state index contributed by atoms with van der Waals surface area (Å²) in [7, 11) is 0. The zero-order valence-corrected chi connectivity index (χ0v) is 16.2. The van der Waals surface area contributed by atoms with Crippen molar-refractivity contribution in [2.45, 2.75) is 30.7 Å². The van der Waals surface area contributed by atoms with E-state index in [-0.39, 0.29) is 11.1 Å². The Kier molecular flexibility index (Phi) is 6.69. The van der Waals surface area contributed by atoms with Crippen LogP contribution in [0, 0.1) is 0 Å². The van der Waals surface area contributed by atoms with Gasteiger partial charge in [0, 0.05) is 0 Å². The number of rotatable bonds is 5. The number of phenolic OH excluding ortho intramolecular Hbond substituents is 4. The number of aromatic hydroxyl groups is 4. The zero-order valence-electron chi connectivity index (χ0n) is 16.2. The molecular weight excluding hydrogens is 432 g/mol. The Bertz CT molecular complexity index is 1000. The van der Waals surface area contributed by atoms with Crippen LogP contribution in [-0.4, -0.2) is 85.0 Å². The van der Waals surface area contributed by atoms with Gasteiger partial charge in [-0.15, -0.1) is 0 Å². The second-order valence-corrected chi connectivity index (χ2v) is 6.93. The van der Waals surface area contributed by atoms with Gasteiger partial charge in [-0.2, -0.15) is 0 Å². The van der Waals surface area contributed by atoms with E-state index in [1.807, 2.05) is 0 Å². The van der Waals surface area contributed by atoms with Crippen molar-refractivity contribution in [3.63, 3.8) is 0 Å². The second kappa shape index (κ2) is 9.28. The number of carbonyl (C=O) groups excluding carboxylic acids is 2. The van der Waals surface area contributed by atoms with Crippen molar-refractivity contribution in [3.05, 3.63) is 47.5 Å². The molecule has 2 aromatic rings. The molecule has 1 aliphatic heterocycles. The number of phenols is 4. The molecule has 0 bridgehead atoms. The largest absolute Gasteiger partial charge is 0.504 e. The fraction of sp³-hybridized carbons (Fsp3) is 0.300. The first-order valence-corrected chi connectivity index (χ1v) is 9.20. The average molecular weight is 452 g/mol. The van der Waals surface area contributed by atoms with Crippen LogP contribution in [0.3, 0.4) is 0 Å². The number of esters is 2. The number of carbonyl (C=O) groups is 2. The first kappa shape index (κ1) is 23.1. The Labute approximate surface area is 180 Å². The summed E-state index contributed by atoms with van der Waals surface area (Å²) in [6.45, 7) is -0.626. The van der Waals surface area contributed by atoms with Crippen LogP contribution in [0.1, 0.15) is 20.7 Å². The summed E-state index contributed by atoms with van der Waals surface area (Å²) < 4.78 is 15.2. The first-order valence-electron chi connectivity index (χ1n) is 9.20. The number of ether oxygens (including phenoxy) is 3. The molecule has 0 saturated carbocycles. The quantitative estimate of drug-likeness (QED) is 0.223. The molecular formula is C20H20O12. The maximum Gasteiger partial charge on any atom is 0.340 e. The second-order valence-electron chi connectivity index (χ2n) is 6.93. The van der Waals surface area contributed by atoms with Crippen LogP contribution in [0.5, 0.6) is 23.0 Å². The van der Waals surface area contributed by atoms with Crippen LogP contribution < -0.4 is 0 Å². The maximum absolute atomic E-state index is 12.2. The van der Waals surface area contributed by atoms with Crippen LogP contribution in [0.25, 0.3) is 0 Å². The summed E-state index contributed by atoms with van der Waals surface area (Å²) in [4.78, 5) is 24.4. The van der Waals surface area contributed by atoms with E-state index in [1.165, 1.54) is 6.07 Å². The summed E-state index contributed by atoms with van der Waals surface area (Å²) in [6, 6.07) is 6.26. The highest BCUT2D eigenvalue weighted by molar-refractivity contribution is 5.90. The highest BCUT2D eigenvalue weighted by Gasteiger charge is 2.46. The minimum absolute atomic E-state index is 0.124. The van der Waals surface area contributed by atoms with Crippen molar-refractivity contribution in [3.8, 4) is 23.0 Å². The van der Waals surface area contributed by atoms with E-state index in [1.54, 1.807) is 0 Å². The molecule has 0 aliphatic carbocycles. The smallest absolute Gasteiger partial charge is 0.340 e. The van der Waals surface area contributed by atoms with Gasteiger partial charge in [0.05, 0.1) is 11.1 Å². The molecule has 1 heterocycles. The van der Waals surface area contributed by atoms with Gasteiger partial charge in [-0.1, -0.05) is 0 Å². The van der Waals surface area contributed by atoms with E-state index in [0.29, 0.717) is 0 Å². The highest BCUT2D eigenvalue weighted by atomic mass is 16.7. The highest BCUT2D eigenvalue weighted by Crippen LogP contribution is 2.28. The minimum atomic E-state index is -1.85. The van der Waals surface area contributed by atoms with Gasteiger partial charge in [0.2, 0.25) is 6.29 Å². The maximum atomic E-state index is 12.2. The van der Waals surface area contributed by atoms with Crippen molar-refractivity contribution in [1.29, 1.82) is 0 Å². The van der Waals surface area contributed by atoms with E-state index in [9.17, 15) is 45.3 Å². The monoisotopic (exact) mass is 452 g/mol. The van der Waals surface area contributed by atoms with Gasteiger partial charge in [0.15, 0.2) is 23.0 Å². The van der Waals surface area contributed by atoms with E-state index in [0.717, 1.165) is 30.3 Å². The number of aliphatic hydroxyl groups excluding tert-OH is 3. The molecule has 32 heavy (non-hydrogen) atoms. The van der Waals surface area contributed by atoms with Crippen LogP contribution in [0.4, 0.5) is 0 Å². The van der Waals surface area contributed by atoms with E-state index >= 15 is 0 Å². The molecule has 0 spiro atoms. The summed E-state index contributed by atoms with van der Waals surface area (Å²) in [5.74, 6) is -4.11.